The van der Waals surface area contributed by atoms with E-state index in [1.165, 1.54) is 0 Å². The van der Waals surface area contributed by atoms with Crippen molar-refractivity contribution in [1.29, 1.82) is 0 Å². The average molecular weight is 461 g/mol. The standard InChI is InChI=1S/C11H21F2NO2Si.C5H7F2NO2.C2H4.CH4/c1-10(2,3)17(4,5)16-7-8-6-11(12,13)9(15)14-8;6-5(7)1-3(2-9)8-4(5)10;1-2;/h8H,6-7H2,1-5H3,(H,14,15);3,9H,1-2H2,(H,8,10);1-2H2;1H4/t8-;3-;;/m11../s1. The third kappa shape index (κ3) is 8.35. The number of aliphatic hydroxyl groups excluding tert-OH is 1. The van der Waals surface area contributed by atoms with Crippen molar-refractivity contribution in [2.24, 2.45) is 0 Å². The molecule has 2 aliphatic rings. The van der Waals surface area contributed by atoms with Crippen molar-refractivity contribution >= 4 is 20.1 Å². The summed E-state index contributed by atoms with van der Waals surface area (Å²) < 4.78 is 56.3. The lowest BCUT2D eigenvalue weighted by Crippen LogP contribution is -2.44. The maximum absolute atomic E-state index is 13.0. The number of carbonyl (C=O) groups excluding carboxylic acids is 2. The highest BCUT2D eigenvalue weighted by molar-refractivity contribution is 6.74. The van der Waals surface area contributed by atoms with Crippen LogP contribution >= 0.6 is 0 Å². The minimum atomic E-state index is -3.28. The predicted octanol–water partition coefficient (Wildman–Crippen LogP) is 3.47. The Bertz CT molecular complexity index is 583. The van der Waals surface area contributed by atoms with Crippen LogP contribution in [-0.4, -0.2) is 62.4 Å². The van der Waals surface area contributed by atoms with Gasteiger partial charge in [0.2, 0.25) is 0 Å². The molecule has 0 aromatic heterocycles. The molecule has 2 saturated heterocycles. The lowest BCUT2D eigenvalue weighted by atomic mass is 10.2. The molecule has 0 aliphatic carbocycles. The molecule has 0 unspecified atom stereocenters. The summed E-state index contributed by atoms with van der Waals surface area (Å²) in [5.74, 6) is -8.98. The smallest absolute Gasteiger partial charge is 0.326 e. The fourth-order valence-corrected chi connectivity index (χ4v) is 3.28. The van der Waals surface area contributed by atoms with Crippen LogP contribution in [0.25, 0.3) is 0 Å². The van der Waals surface area contributed by atoms with Crippen molar-refractivity contribution in [3.05, 3.63) is 13.2 Å². The molecule has 0 aromatic rings. The lowest BCUT2D eigenvalue weighted by molar-refractivity contribution is -0.140. The van der Waals surface area contributed by atoms with Crippen LogP contribution in [0.3, 0.4) is 0 Å². The molecule has 2 atom stereocenters. The summed E-state index contributed by atoms with van der Waals surface area (Å²) in [4.78, 5) is 21.2. The average Bonchev–Trinajstić information content (AvgIpc) is 3.01. The highest BCUT2D eigenvalue weighted by atomic mass is 28.4. The van der Waals surface area contributed by atoms with Crippen molar-refractivity contribution in [3.8, 4) is 0 Å². The highest BCUT2D eigenvalue weighted by Crippen LogP contribution is 2.37. The molecule has 2 fully saturated rings. The molecular weight excluding hydrogens is 424 g/mol. The van der Waals surface area contributed by atoms with Gasteiger partial charge in [-0.2, -0.15) is 17.6 Å². The Morgan fingerprint density at radius 3 is 1.63 bits per heavy atom. The van der Waals surface area contributed by atoms with E-state index in [0.717, 1.165) is 0 Å². The van der Waals surface area contributed by atoms with E-state index in [1.807, 2.05) is 5.32 Å². The summed E-state index contributed by atoms with van der Waals surface area (Å²) >= 11 is 0. The summed E-state index contributed by atoms with van der Waals surface area (Å²) in [6, 6.07) is -1.34. The molecular formula is C19H36F4N2O4Si. The number of carbonyl (C=O) groups is 2. The quantitative estimate of drug-likeness (QED) is 0.341. The van der Waals surface area contributed by atoms with Gasteiger partial charge in [0.25, 0.3) is 11.8 Å². The van der Waals surface area contributed by atoms with Gasteiger partial charge in [-0.25, -0.2) is 0 Å². The van der Waals surface area contributed by atoms with E-state index in [2.05, 4.69) is 52.3 Å². The fraction of sp³-hybridized carbons (Fsp3) is 0.789. The van der Waals surface area contributed by atoms with Gasteiger partial charge in [-0.15, -0.1) is 13.2 Å². The van der Waals surface area contributed by atoms with E-state index in [0.29, 0.717) is 0 Å². The van der Waals surface area contributed by atoms with Gasteiger partial charge in [0.05, 0.1) is 25.3 Å². The molecule has 11 heteroatoms. The van der Waals surface area contributed by atoms with E-state index in [-0.39, 0.29) is 19.1 Å². The Kier molecular flexibility index (Phi) is 11.5. The van der Waals surface area contributed by atoms with E-state index in [4.69, 9.17) is 9.53 Å². The van der Waals surface area contributed by atoms with Gasteiger partial charge >= 0.3 is 11.8 Å². The summed E-state index contributed by atoms with van der Waals surface area (Å²) in [6.45, 7) is 16.1. The van der Waals surface area contributed by atoms with Crippen LogP contribution in [0.1, 0.15) is 41.0 Å². The molecule has 6 nitrogen and oxygen atoms in total. The van der Waals surface area contributed by atoms with Gasteiger partial charge in [-0.1, -0.05) is 28.2 Å². The molecule has 3 N–H and O–H groups in total. The first kappa shape index (κ1) is 30.7. The van der Waals surface area contributed by atoms with Crippen LogP contribution in [0.2, 0.25) is 18.1 Å². The summed E-state index contributed by atoms with van der Waals surface area (Å²) in [5.41, 5.74) is 0. The van der Waals surface area contributed by atoms with E-state index in [1.54, 1.807) is 0 Å². The van der Waals surface area contributed by atoms with E-state index >= 15 is 0 Å². The van der Waals surface area contributed by atoms with Crippen LogP contribution in [0.15, 0.2) is 13.2 Å². The van der Waals surface area contributed by atoms with Crippen molar-refractivity contribution < 1.29 is 36.7 Å². The molecule has 2 rings (SSSR count). The number of amides is 2. The molecule has 0 bridgehead atoms. The number of hydrogen-bond donors (Lipinski definition) is 3. The Morgan fingerprint density at radius 2 is 1.40 bits per heavy atom. The molecule has 178 valence electrons. The second-order valence-corrected chi connectivity index (χ2v) is 13.2. The second kappa shape index (κ2) is 11.2. The van der Waals surface area contributed by atoms with Crippen molar-refractivity contribution in [1.82, 2.24) is 10.6 Å². The van der Waals surface area contributed by atoms with Crippen molar-refractivity contribution in [3.63, 3.8) is 0 Å². The number of aliphatic hydroxyl groups is 1. The maximum Gasteiger partial charge on any atom is 0.326 e. The minimum Gasteiger partial charge on any atom is -0.415 e. The van der Waals surface area contributed by atoms with Crippen molar-refractivity contribution in [2.45, 2.75) is 83.1 Å². The van der Waals surface area contributed by atoms with Crippen LogP contribution in [-0.2, 0) is 14.0 Å². The van der Waals surface area contributed by atoms with Crippen LogP contribution in [0.4, 0.5) is 17.6 Å². The number of nitrogens with one attached hydrogen (secondary N) is 2. The van der Waals surface area contributed by atoms with Gasteiger partial charge in [-0.3, -0.25) is 9.59 Å². The second-order valence-electron chi connectivity index (χ2n) is 8.41. The van der Waals surface area contributed by atoms with Crippen LogP contribution in [0.5, 0.6) is 0 Å². The number of alkyl halides is 4. The topological polar surface area (TPSA) is 87.7 Å². The Hall–Kier alpha value is -1.46. The Balaban J connectivity index is 0. The van der Waals surface area contributed by atoms with Gasteiger partial charge < -0.3 is 20.2 Å². The van der Waals surface area contributed by atoms with E-state index in [9.17, 15) is 27.2 Å². The third-order valence-electron chi connectivity index (χ3n) is 5.01. The Morgan fingerprint density at radius 1 is 1.03 bits per heavy atom. The van der Waals surface area contributed by atoms with Gasteiger partial charge in [-0.05, 0) is 18.1 Å². The largest absolute Gasteiger partial charge is 0.415 e. The molecule has 2 aliphatic heterocycles. The molecule has 0 saturated carbocycles. The molecule has 0 aromatic carbocycles. The first-order valence-electron chi connectivity index (χ1n) is 9.14. The van der Waals surface area contributed by atoms with Gasteiger partial charge in [0.1, 0.15) is 0 Å². The normalized spacial score (nSPS) is 24.3. The SMILES string of the molecule is C.C=C.CC(C)(C)[Si](C)(C)OC[C@H]1CC(F)(F)C(=O)N1.O=C1N[C@@H](CO)CC1(F)F. The van der Waals surface area contributed by atoms with Gasteiger partial charge in [0, 0.05) is 12.8 Å². The van der Waals surface area contributed by atoms with Gasteiger partial charge in [0.15, 0.2) is 8.32 Å². The monoisotopic (exact) mass is 460 g/mol. The molecule has 0 radical (unpaired) electrons. The molecule has 30 heavy (non-hydrogen) atoms. The zero-order valence-corrected chi connectivity index (χ0v) is 18.6. The zero-order valence-electron chi connectivity index (χ0n) is 17.6. The molecule has 2 heterocycles. The fourth-order valence-electron chi connectivity index (χ4n) is 2.22. The number of halogens is 4. The summed E-state index contributed by atoms with van der Waals surface area (Å²) in [5, 5.41) is 12.6. The summed E-state index contributed by atoms with van der Waals surface area (Å²) in [7, 11) is -1.94. The third-order valence-corrected chi connectivity index (χ3v) is 9.51. The first-order valence-corrected chi connectivity index (χ1v) is 12.0. The highest BCUT2D eigenvalue weighted by Gasteiger charge is 2.49. The minimum absolute atomic E-state index is 0. The van der Waals surface area contributed by atoms with Crippen LogP contribution in [0, 0.1) is 0 Å². The zero-order chi connectivity index (χ0) is 23.3. The van der Waals surface area contributed by atoms with E-state index < -0.39 is 63.5 Å². The number of hydrogen-bond acceptors (Lipinski definition) is 4. The van der Waals surface area contributed by atoms with Crippen molar-refractivity contribution in [2.75, 3.05) is 13.2 Å². The lowest BCUT2D eigenvalue weighted by Gasteiger charge is -2.36. The predicted molar refractivity (Wildman–Crippen MR) is 111 cm³/mol. The molecule has 0 spiro atoms. The molecule has 2 amide bonds. The summed E-state index contributed by atoms with van der Waals surface area (Å²) in [6.07, 6.45) is -1.05. The maximum atomic E-state index is 13.0. The Labute approximate surface area is 177 Å². The number of rotatable bonds is 4. The van der Waals surface area contributed by atoms with Crippen LogP contribution < -0.4 is 10.6 Å². The first-order chi connectivity index (χ1) is 13.0.